The number of carbonyl (C=O) groups is 4. The molecule has 50 heavy (non-hydrogen) atoms. The highest BCUT2D eigenvalue weighted by Crippen LogP contribution is 2.50. The van der Waals surface area contributed by atoms with E-state index < -0.39 is 11.8 Å². The third-order valence-corrected chi connectivity index (χ3v) is 10.2. The van der Waals surface area contributed by atoms with Gasteiger partial charge in [-0.05, 0) is 89.9 Å². The molecule has 4 aliphatic carbocycles. The summed E-state index contributed by atoms with van der Waals surface area (Å²) in [5.41, 5.74) is -0.133. The number of methoxy groups -OCH3 is 2. The third kappa shape index (κ3) is 7.89. The Morgan fingerprint density at radius 2 is 1.04 bits per heavy atom. The van der Waals surface area contributed by atoms with Gasteiger partial charge in [0, 0.05) is 36.6 Å². The van der Waals surface area contributed by atoms with E-state index in [-0.39, 0.29) is 94.3 Å². The Balaban J connectivity index is 0.000000194. The topological polar surface area (TPSA) is 195 Å². The van der Waals surface area contributed by atoms with E-state index >= 15 is 0 Å². The van der Waals surface area contributed by atoms with Crippen LogP contribution in [0.3, 0.4) is 0 Å². The molecule has 272 valence electrons. The lowest BCUT2D eigenvalue weighted by molar-refractivity contribution is -0.155. The van der Waals surface area contributed by atoms with Crippen LogP contribution in [0.25, 0.3) is 0 Å². The first-order valence-electron chi connectivity index (χ1n) is 17.3. The number of nitrogens with one attached hydrogen (secondary N) is 2. The Bertz CT molecular complexity index is 1470. The zero-order valence-corrected chi connectivity index (χ0v) is 29.4. The van der Waals surface area contributed by atoms with E-state index in [1.54, 1.807) is 0 Å². The monoisotopic (exact) mass is 696 g/mol. The van der Waals surface area contributed by atoms with Crippen LogP contribution in [0.2, 0.25) is 0 Å². The molecule has 4 unspecified atom stereocenters. The predicted octanol–water partition coefficient (Wildman–Crippen LogP) is 3.78. The number of amides is 2. The Morgan fingerprint density at radius 1 is 0.660 bits per heavy atom. The zero-order valence-electron chi connectivity index (χ0n) is 29.4. The third-order valence-electron chi connectivity index (χ3n) is 10.2. The van der Waals surface area contributed by atoms with E-state index in [4.69, 9.17) is 18.9 Å². The average molecular weight is 697 g/mol. The van der Waals surface area contributed by atoms with Crippen molar-refractivity contribution in [1.29, 1.82) is 0 Å². The number of nitrogens with zero attached hydrogens (tertiary/aromatic N) is 2. The summed E-state index contributed by atoms with van der Waals surface area (Å²) in [4.78, 5) is 57.5. The highest BCUT2D eigenvalue weighted by molar-refractivity contribution is 5.96. The molecule has 0 radical (unpaired) electrons. The molecule has 14 nitrogen and oxygen atoms in total. The normalized spacial score (nSPS) is 27.4. The lowest BCUT2D eigenvalue weighted by Gasteiger charge is -2.29. The van der Waals surface area contributed by atoms with Gasteiger partial charge in [-0.2, -0.15) is 0 Å². The van der Waals surface area contributed by atoms with Crippen molar-refractivity contribution in [3.63, 3.8) is 0 Å². The highest BCUT2D eigenvalue weighted by Gasteiger charge is 2.51. The van der Waals surface area contributed by atoms with Crippen LogP contribution in [-0.2, 0) is 19.1 Å². The fourth-order valence-corrected chi connectivity index (χ4v) is 8.22. The molecule has 4 fully saturated rings. The van der Waals surface area contributed by atoms with Crippen molar-refractivity contribution < 1.29 is 48.3 Å². The minimum atomic E-state index is -0.454. The van der Waals surface area contributed by atoms with Gasteiger partial charge in [-0.3, -0.25) is 19.2 Å². The highest BCUT2D eigenvalue weighted by atomic mass is 16.5. The number of ether oxygens (including phenoxy) is 4. The smallest absolute Gasteiger partial charge is 0.309 e. The molecule has 2 aromatic heterocycles. The van der Waals surface area contributed by atoms with E-state index in [9.17, 15) is 29.4 Å². The summed E-state index contributed by atoms with van der Waals surface area (Å²) in [6, 6.07) is 2.76. The minimum Gasteiger partial charge on any atom is -0.503 e. The van der Waals surface area contributed by atoms with Crippen molar-refractivity contribution in [3.8, 4) is 23.0 Å². The molecule has 4 saturated carbocycles. The molecule has 4 aliphatic rings. The lowest BCUT2D eigenvalue weighted by atomic mass is 9.85. The van der Waals surface area contributed by atoms with Crippen LogP contribution in [0, 0.1) is 35.5 Å². The summed E-state index contributed by atoms with van der Waals surface area (Å²) in [5, 5.41) is 26.0. The van der Waals surface area contributed by atoms with E-state index in [0.29, 0.717) is 11.8 Å². The summed E-state index contributed by atoms with van der Waals surface area (Å²) >= 11 is 0. The quantitative estimate of drug-likeness (QED) is 0.263. The maximum atomic E-state index is 12.5. The molecule has 2 amide bonds. The first kappa shape index (κ1) is 36.7. The molecule has 4 N–H and O–H groups in total. The number of esters is 2. The first-order valence-corrected chi connectivity index (χ1v) is 17.3. The number of hydrogen-bond acceptors (Lipinski definition) is 12. The summed E-state index contributed by atoms with van der Waals surface area (Å²) in [7, 11) is 2.83. The van der Waals surface area contributed by atoms with Crippen molar-refractivity contribution in [2.24, 2.45) is 35.5 Å². The van der Waals surface area contributed by atoms with E-state index in [1.165, 1.54) is 38.7 Å². The fraction of sp³-hybridized carbons (Fsp3) is 0.611. The van der Waals surface area contributed by atoms with E-state index in [0.717, 1.165) is 38.5 Å². The Hall–Kier alpha value is -4.62. The number of aromatic nitrogens is 2. The molecule has 0 aromatic carbocycles. The van der Waals surface area contributed by atoms with Crippen LogP contribution < -0.4 is 20.1 Å². The zero-order chi connectivity index (χ0) is 36.3. The summed E-state index contributed by atoms with van der Waals surface area (Å²) in [6.45, 7) is 7.34. The number of pyridine rings is 2. The van der Waals surface area contributed by atoms with Gasteiger partial charge < -0.3 is 39.8 Å². The van der Waals surface area contributed by atoms with Gasteiger partial charge in [-0.15, -0.1) is 0 Å². The minimum absolute atomic E-state index is 0.0663. The second-order valence-corrected chi connectivity index (χ2v) is 14.2. The number of rotatable bonds is 10. The Labute approximate surface area is 291 Å². The van der Waals surface area contributed by atoms with Gasteiger partial charge in [0.2, 0.25) is 0 Å². The van der Waals surface area contributed by atoms with E-state index in [2.05, 4.69) is 20.6 Å². The fourth-order valence-electron chi connectivity index (χ4n) is 8.22. The lowest BCUT2D eigenvalue weighted by Crippen LogP contribution is -2.43. The van der Waals surface area contributed by atoms with Crippen LogP contribution >= 0.6 is 0 Å². The summed E-state index contributed by atoms with van der Waals surface area (Å²) in [5.74, 6) is -0.750. The van der Waals surface area contributed by atoms with Crippen LogP contribution in [0.1, 0.15) is 87.2 Å². The summed E-state index contributed by atoms with van der Waals surface area (Å²) < 4.78 is 20.7. The SMILES string of the molecule is COc1ccnc(C(=O)N[C@@H]2CC3CC2[C@@H](C(=O)OC(C)C)C3)c1O.COc1ccnc(C(=O)N[C@@H]2CC3CC2[C@@H](C(=O)OC(C)C)C3)c1O. The van der Waals surface area contributed by atoms with Crippen molar-refractivity contribution in [2.75, 3.05) is 14.2 Å². The second-order valence-electron chi connectivity index (χ2n) is 14.2. The molecule has 8 atom stereocenters. The largest absolute Gasteiger partial charge is 0.503 e. The molecule has 6 rings (SSSR count). The standard InChI is InChI=1S/2C18H24N2O5/c2*1-9(2)25-18(23)12-7-10-6-11(12)13(8-10)20-17(22)15-16(21)14(24-3)4-5-19-15/h2*4-5,9-13,21H,6-8H2,1-3H3,(H,20,22)/t2*10?,11?,12-,13+/m00/s1. The summed E-state index contributed by atoms with van der Waals surface area (Å²) in [6.07, 6.45) is 7.71. The van der Waals surface area contributed by atoms with Gasteiger partial charge in [0.15, 0.2) is 34.4 Å². The number of aromatic hydroxyl groups is 2. The molecular weight excluding hydrogens is 648 g/mol. The maximum absolute atomic E-state index is 12.5. The number of carbonyl (C=O) groups excluding carboxylic acids is 4. The number of hydrogen-bond donors (Lipinski definition) is 4. The van der Waals surface area contributed by atoms with Gasteiger partial charge in [-0.1, -0.05) is 0 Å². The number of fused-ring (bicyclic) bond motifs is 4. The van der Waals surface area contributed by atoms with Gasteiger partial charge in [-0.25, -0.2) is 9.97 Å². The first-order chi connectivity index (χ1) is 23.8. The molecule has 2 aromatic rings. The van der Waals surface area contributed by atoms with Crippen molar-refractivity contribution >= 4 is 23.8 Å². The van der Waals surface area contributed by atoms with Crippen LogP contribution in [0.4, 0.5) is 0 Å². The molecule has 14 heteroatoms. The maximum Gasteiger partial charge on any atom is 0.309 e. The second kappa shape index (κ2) is 15.5. The molecule has 0 aliphatic heterocycles. The van der Waals surface area contributed by atoms with E-state index in [1.807, 2.05) is 27.7 Å². The van der Waals surface area contributed by atoms with Crippen LogP contribution in [0.15, 0.2) is 24.5 Å². The van der Waals surface area contributed by atoms with Gasteiger partial charge in [0.1, 0.15) is 0 Å². The van der Waals surface area contributed by atoms with Crippen molar-refractivity contribution in [1.82, 2.24) is 20.6 Å². The Morgan fingerprint density at radius 3 is 1.36 bits per heavy atom. The van der Waals surface area contributed by atoms with Gasteiger partial charge in [0.05, 0.1) is 38.3 Å². The van der Waals surface area contributed by atoms with Crippen molar-refractivity contribution in [2.45, 2.75) is 90.5 Å². The Kier molecular flexibility index (Phi) is 11.4. The molecular formula is C36H48N4O10. The van der Waals surface area contributed by atoms with Crippen LogP contribution in [0.5, 0.6) is 23.0 Å². The average Bonchev–Trinajstić information content (AvgIpc) is 3.86. The van der Waals surface area contributed by atoms with Gasteiger partial charge in [0.25, 0.3) is 11.8 Å². The predicted molar refractivity (Wildman–Crippen MR) is 179 cm³/mol. The molecule has 2 heterocycles. The van der Waals surface area contributed by atoms with Crippen molar-refractivity contribution in [3.05, 3.63) is 35.9 Å². The van der Waals surface area contributed by atoms with Gasteiger partial charge >= 0.3 is 11.9 Å². The van der Waals surface area contributed by atoms with Crippen LogP contribution in [-0.4, -0.2) is 82.4 Å². The molecule has 4 bridgehead atoms. The molecule has 0 spiro atoms. The molecule has 0 saturated heterocycles.